The Labute approximate surface area is 102 Å². The molecule has 0 spiro atoms. The molecule has 0 amide bonds. The summed E-state index contributed by atoms with van der Waals surface area (Å²) >= 11 is 1.61. The van der Waals surface area contributed by atoms with E-state index in [-0.39, 0.29) is 5.97 Å². The van der Waals surface area contributed by atoms with Crippen LogP contribution in [0.1, 0.15) is 20.3 Å². The number of methoxy groups -OCH3 is 1. The number of carbonyl (C=O) groups excluding carboxylic acids is 1. The molecule has 0 bridgehead atoms. The van der Waals surface area contributed by atoms with Gasteiger partial charge in [-0.05, 0) is 12.3 Å². The van der Waals surface area contributed by atoms with Gasteiger partial charge in [-0.3, -0.25) is 4.79 Å². The highest BCUT2D eigenvalue weighted by molar-refractivity contribution is 7.99. The first-order valence-electron chi connectivity index (χ1n) is 5.56. The lowest BCUT2D eigenvalue weighted by molar-refractivity contribution is -0.141. The van der Waals surface area contributed by atoms with Gasteiger partial charge in [0.15, 0.2) is 0 Å². The molecule has 0 aromatic rings. The van der Waals surface area contributed by atoms with Crippen LogP contribution in [0.2, 0.25) is 0 Å². The Hall–Kier alpha value is -0.260. The van der Waals surface area contributed by atoms with Crippen LogP contribution in [-0.2, 0) is 14.3 Å². The van der Waals surface area contributed by atoms with Gasteiger partial charge in [0.1, 0.15) is 6.04 Å². The van der Waals surface area contributed by atoms with Gasteiger partial charge >= 0.3 is 5.97 Å². The molecule has 5 heteroatoms. The lowest BCUT2D eigenvalue weighted by atomic mass is 10.1. The molecule has 0 aromatic carbocycles. The molecule has 0 aliphatic carbocycles. The maximum Gasteiger partial charge on any atom is 0.323 e. The second-order valence-corrected chi connectivity index (χ2v) is 5.15. The van der Waals surface area contributed by atoms with Crippen molar-refractivity contribution in [2.75, 3.05) is 31.8 Å². The van der Waals surface area contributed by atoms with Gasteiger partial charge in [-0.1, -0.05) is 13.8 Å². The molecule has 1 atom stereocenters. The van der Waals surface area contributed by atoms with E-state index in [1.807, 2.05) is 0 Å². The maximum atomic E-state index is 11.0. The molecule has 4 nitrogen and oxygen atoms in total. The normalized spacial score (nSPS) is 12.8. The molecule has 96 valence electrons. The van der Waals surface area contributed by atoms with Crippen molar-refractivity contribution in [1.82, 2.24) is 0 Å². The molecule has 0 fully saturated rings. The number of carbonyl (C=O) groups is 1. The highest BCUT2D eigenvalue weighted by Gasteiger charge is 2.12. The standard InChI is InChI=1S/C11H23NO3S/c1-9(2)4-5-15-6-7-16-8-10(12)11(13)14-3/h9-10H,4-8,12H2,1-3H3. The molecule has 0 radical (unpaired) electrons. The minimum absolute atomic E-state index is 0.353. The van der Waals surface area contributed by atoms with E-state index < -0.39 is 6.04 Å². The molecular weight excluding hydrogens is 226 g/mol. The van der Waals surface area contributed by atoms with Gasteiger partial charge in [0.2, 0.25) is 0 Å². The van der Waals surface area contributed by atoms with Crippen molar-refractivity contribution in [2.24, 2.45) is 11.7 Å². The Balaban J connectivity index is 3.24. The van der Waals surface area contributed by atoms with Crippen molar-refractivity contribution in [3.05, 3.63) is 0 Å². The van der Waals surface area contributed by atoms with Crippen LogP contribution in [-0.4, -0.2) is 43.8 Å². The Morgan fingerprint density at radius 2 is 2.06 bits per heavy atom. The van der Waals surface area contributed by atoms with Crippen molar-refractivity contribution in [1.29, 1.82) is 0 Å². The topological polar surface area (TPSA) is 61.5 Å². The smallest absolute Gasteiger partial charge is 0.323 e. The highest BCUT2D eigenvalue weighted by atomic mass is 32.2. The predicted molar refractivity (Wildman–Crippen MR) is 67.6 cm³/mol. The van der Waals surface area contributed by atoms with Gasteiger partial charge in [0.25, 0.3) is 0 Å². The van der Waals surface area contributed by atoms with Crippen LogP contribution in [0.15, 0.2) is 0 Å². The number of ether oxygens (including phenoxy) is 2. The zero-order chi connectivity index (χ0) is 12.4. The van der Waals surface area contributed by atoms with Crippen LogP contribution in [0.4, 0.5) is 0 Å². The van der Waals surface area contributed by atoms with E-state index in [0.29, 0.717) is 18.3 Å². The average molecular weight is 249 g/mol. The van der Waals surface area contributed by atoms with Gasteiger partial charge in [-0.2, -0.15) is 11.8 Å². The minimum Gasteiger partial charge on any atom is -0.468 e. The summed E-state index contributed by atoms with van der Waals surface area (Å²) in [5.41, 5.74) is 5.57. The van der Waals surface area contributed by atoms with Crippen LogP contribution in [0.3, 0.4) is 0 Å². The van der Waals surface area contributed by atoms with E-state index in [1.165, 1.54) is 7.11 Å². The minimum atomic E-state index is -0.523. The number of thioether (sulfide) groups is 1. The second kappa shape index (κ2) is 9.93. The fraction of sp³-hybridized carbons (Fsp3) is 0.909. The van der Waals surface area contributed by atoms with Crippen molar-refractivity contribution >= 4 is 17.7 Å². The van der Waals surface area contributed by atoms with Gasteiger partial charge in [0, 0.05) is 18.1 Å². The summed E-state index contributed by atoms with van der Waals surface area (Å²) in [6.45, 7) is 5.87. The first-order chi connectivity index (χ1) is 7.57. The molecule has 1 unspecified atom stereocenters. The lowest BCUT2D eigenvalue weighted by Crippen LogP contribution is -2.34. The van der Waals surface area contributed by atoms with Gasteiger partial charge in [-0.15, -0.1) is 0 Å². The third-order valence-corrected chi connectivity index (χ3v) is 3.06. The Bertz CT molecular complexity index is 188. The van der Waals surface area contributed by atoms with E-state index in [0.717, 1.165) is 18.8 Å². The van der Waals surface area contributed by atoms with Gasteiger partial charge in [-0.25, -0.2) is 0 Å². The van der Waals surface area contributed by atoms with E-state index in [2.05, 4.69) is 18.6 Å². The number of rotatable bonds is 9. The average Bonchev–Trinajstić information content (AvgIpc) is 2.25. The second-order valence-electron chi connectivity index (χ2n) is 4.00. The number of esters is 1. The van der Waals surface area contributed by atoms with Gasteiger partial charge < -0.3 is 15.2 Å². The fourth-order valence-corrected chi connectivity index (χ4v) is 1.76. The quantitative estimate of drug-likeness (QED) is 0.493. The third-order valence-electron chi connectivity index (χ3n) is 2.01. The molecule has 16 heavy (non-hydrogen) atoms. The van der Waals surface area contributed by atoms with Crippen LogP contribution >= 0.6 is 11.8 Å². The molecule has 0 rings (SSSR count). The van der Waals surface area contributed by atoms with Crippen molar-refractivity contribution in [3.8, 4) is 0 Å². The first-order valence-corrected chi connectivity index (χ1v) is 6.72. The summed E-state index contributed by atoms with van der Waals surface area (Å²) in [4.78, 5) is 11.0. The van der Waals surface area contributed by atoms with Crippen molar-refractivity contribution in [3.63, 3.8) is 0 Å². The summed E-state index contributed by atoms with van der Waals surface area (Å²) in [5.74, 6) is 1.77. The first kappa shape index (κ1) is 15.7. The lowest BCUT2D eigenvalue weighted by Gasteiger charge is -2.09. The monoisotopic (exact) mass is 249 g/mol. The molecule has 2 N–H and O–H groups in total. The summed E-state index contributed by atoms with van der Waals surface area (Å²) in [6, 6.07) is -0.523. The van der Waals surface area contributed by atoms with Crippen LogP contribution in [0, 0.1) is 5.92 Å². The zero-order valence-electron chi connectivity index (χ0n) is 10.4. The molecule has 0 aliphatic heterocycles. The molecule has 0 saturated heterocycles. The Morgan fingerprint density at radius 3 is 2.62 bits per heavy atom. The SMILES string of the molecule is COC(=O)C(N)CSCCOCCC(C)C. The Kier molecular flexibility index (Phi) is 9.77. The predicted octanol–water partition coefficient (Wildman–Crippen LogP) is 1.28. The van der Waals surface area contributed by atoms with E-state index in [9.17, 15) is 4.79 Å². The van der Waals surface area contributed by atoms with E-state index in [4.69, 9.17) is 10.5 Å². The maximum absolute atomic E-state index is 11.0. The van der Waals surface area contributed by atoms with Crippen LogP contribution in [0.5, 0.6) is 0 Å². The zero-order valence-corrected chi connectivity index (χ0v) is 11.2. The molecular formula is C11H23NO3S. The van der Waals surface area contributed by atoms with E-state index >= 15 is 0 Å². The number of hydrogen-bond acceptors (Lipinski definition) is 5. The molecule has 0 saturated carbocycles. The summed E-state index contributed by atoms with van der Waals surface area (Å²) in [6.07, 6.45) is 1.09. The van der Waals surface area contributed by atoms with Crippen molar-refractivity contribution < 1.29 is 14.3 Å². The molecule has 0 aliphatic rings. The van der Waals surface area contributed by atoms with E-state index in [1.54, 1.807) is 11.8 Å². The van der Waals surface area contributed by atoms with Crippen LogP contribution in [0.25, 0.3) is 0 Å². The molecule has 0 aromatic heterocycles. The van der Waals surface area contributed by atoms with Gasteiger partial charge in [0.05, 0.1) is 13.7 Å². The summed E-state index contributed by atoms with van der Waals surface area (Å²) < 4.78 is 9.96. The van der Waals surface area contributed by atoms with Crippen LogP contribution < -0.4 is 5.73 Å². The number of nitrogens with two attached hydrogens (primary N) is 1. The largest absolute Gasteiger partial charge is 0.468 e. The van der Waals surface area contributed by atoms with Crippen molar-refractivity contribution in [2.45, 2.75) is 26.3 Å². The third kappa shape index (κ3) is 9.00. The fourth-order valence-electron chi connectivity index (χ4n) is 0.969. The number of hydrogen-bond donors (Lipinski definition) is 1. The highest BCUT2D eigenvalue weighted by Crippen LogP contribution is 2.04. The summed E-state index contributed by atoms with van der Waals surface area (Å²) in [7, 11) is 1.35. The Morgan fingerprint density at radius 1 is 1.38 bits per heavy atom. The molecule has 0 heterocycles. The summed E-state index contributed by atoms with van der Waals surface area (Å²) in [5, 5.41) is 0.